The lowest BCUT2D eigenvalue weighted by Gasteiger charge is -2.26. The molecule has 1 unspecified atom stereocenters. The quantitative estimate of drug-likeness (QED) is 0.337. The van der Waals surface area contributed by atoms with Crippen LogP contribution in [0.15, 0.2) is 66.9 Å². The van der Waals surface area contributed by atoms with Crippen molar-refractivity contribution in [1.29, 1.82) is 0 Å². The third-order valence-electron chi connectivity index (χ3n) is 5.89. The second-order valence-corrected chi connectivity index (χ2v) is 7.50. The van der Waals surface area contributed by atoms with Crippen molar-refractivity contribution in [3.05, 3.63) is 89.2 Å². The molecule has 5 rings (SSSR count). The summed E-state index contributed by atoms with van der Waals surface area (Å²) >= 11 is 0. The highest BCUT2D eigenvalue weighted by Gasteiger charge is 2.32. The Bertz CT molecular complexity index is 1180. The van der Waals surface area contributed by atoms with Gasteiger partial charge in [-0.05, 0) is 69.5 Å². The van der Waals surface area contributed by atoms with Gasteiger partial charge in [-0.3, -0.25) is 4.98 Å². The molecule has 0 aliphatic heterocycles. The Labute approximate surface area is 160 Å². The van der Waals surface area contributed by atoms with E-state index >= 15 is 0 Å². The number of aryl methyl sites for hydroxylation is 1. The summed E-state index contributed by atoms with van der Waals surface area (Å²) < 4.78 is 38.3. The highest BCUT2D eigenvalue weighted by atomic mass is 19.4. The van der Waals surface area contributed by atoms with E-state index in [1.807, 2.05) is 0 Å². The van der Waals surface area contributed by atoms with Crippen molar-refractivity contribution in [3.63, 3.8) is 0 Å². The molecule has 0 saturated carbocycles. The lowest BCUT2D eigenvalue weighted by molar-refractivity contribution is -0.141. The Morgan fingerprint density at radius 3 is 2.43 bits per heavy atom. The highest BCUT2D eigenvalue weighted by Crippen LogP contribution is 2.38. The third-order valence-corrected chi connectivity index (χ3v) is 5.89. The summed E-state index contributed by atoms with van der Waals surface area (Å²) in [5.41, 5.74) is 2.72. The lowest BCUT2D eigenvalue weighted by atomic mass is 9.78. The molecule has 3 aromatic carbocycles. The first-order valence-electron chi connectivity index (χ1n) is 9.46. The fourth-order valence-electron chi connectivity index (χ4n) is 4.47. The third kappa shape index (κ3) is 2.84. The monoisotopic (exact) mass is 377 g/mol. The second kappa shape index (κ2) is 6.33. The van der Waals surface area contributed by atoms with Gasteiger partial charge in [-0.2, -0.15) is 13.2 Å². The van der Waals surface area contributed by atoms with Crippen LogP contribution in [0.4, 0.5) is 13.2 Å². The highest BCUT2D eigenvalue weighted by molar-refractivity contribution is 6.08. The zero-order chi connectivity index (χ0) is 19.3. The summed E-state index contributed by atoms with van der Waals surface area (Å²) in [5.74, 6) is 0.209. The summed E-state index contributed by atoms with van der Waals surface area (Å²) in [6.45, 7) is 0. The number of benzene rings is 3. The van der Waals surface area contributed by atoms with Gasteiger partial charge in [0.15, 0.2) is 0 Å². The molecule has 1 nitrogen and oxygen atoms in total. The predicted octanol–water partition coefficient (Wildman–Crippen LogP) is 6.68. The molecule has 0 N–H and O–H groups in total. The Hall–Kier alpha value is -2.88. The van der Waals surface area contributed by atoms with Crippen LogP contribution < -0.4 is 0 Å². The fraction of sp³-hybridized carbons (Fsp3) is 0.208. The molecule has 0 amide bonds. The first-order valence-corrected chi connectivity index (χ1v) is 9.46. The van der Waals surface area contributed by atoms with Gasteiger partial charge < -0.3 is 0 Å². The molecule has 0 fully saturated rings. The van der Waals surface area contributed by atoms with E-state index in [1.54, 1.807) is 6.07 Å². The molecule has 1 aromatic heterocycles. The molecule has 1 heterocycles. The minimum atomic E-state index is -4.39. The maximum Gasteiger partial charge on any atom is 0.433 e. The molecule has 0 saturated heterocycles. The van der Waals surface area contributed by atoms with Gasteiger partial charge in [0, 0.05) is 6.20 Å². The van der Waals surface area contributed by atoms with Gasteiger partial charge in [-0.1, -0.05) is 54.6 Å². The number of pyridine rings is 1. The van der Waals surface area contributed by atoms with Crippen LogP contribution in [0.5, 0.6) is 0 Å². The number of hydrogen-bond donors (Lipinski definition) is 0. The Morgan fingerprint density at radius 2 is 1.64 bits per heavy atom. The van der Waals surface area contributed by atoms with Crippen molar-refractivity contribution in [3.8, 4) is 0 Å². The molecule has 4 aromatic rings. The molecule has 4 heteroatoms. The van der Waals surface area contributed by atoms with Gasteiger partial charge in [0.1, 0.15) is 5.69 Å². The van der Waals surface area contributed by atoms with Crippen molar-refractivity contribution in [2.45, 2.75) is 31.4 Å². The fourth-order valence-corrected chi connectivity index (χ4v) is 4.47. The number of hydrogen-bond acceptors (Lipinski definition) is 1. The summed E-state index contributed by atoms with van der Waals surface area (Å²) in [5, 5.41) is 5.06. The number of alkyl halides is 3. The van der Waals surface area contributed by atoms with Gasteiger partial charge in [-0.25, -0.2) is 0 Å². The Balaban J connectivity index is 1.51. The summed E-state index contributed by atoms with van der Waals surface area (Å²) in [7, 11) is 0. The van der Waals surface area contributed by atoms with Gasteiger partial charge in [0.05, 0.1) is 0 Å². The van der Waals surface area contributed by atoms with Crippen LogP contribution in [0, 0.1) is 0 Å². The Morgan fingerprint density at radius 1 is 0.821 bits per heavy atom. The minimum Gasteiger partial charge on any atom is -0.251 e. The van der Waals surface area contributed by atoms with Crippen molar-refractivity contribution in [2.75, 3.05) is 0 Å². The number of aromatic nitrogens is 1. The van der Waals surface area contributed by atoms with E-state index in [-0.39, 0.29) is 5.92 Å². The molecule has 1 aliphatic rings. The van der Waals surface area contributed by atoms with E-state index in [0.29, 0.717) is 0 Å². The summed E-state index contributed by atoms with van der Waals surface area (Å²) in [6, 6.07) is 19.8. The number of halogens is 3. The normalized spacial score (nSPS) is 17.0. The van der Waals surface area contributed by atoms with Crippen molar-refractivity contribution in [2.24, 2.45) is 0 Å². The van der Waals surface area contributed by atoms with Crippen molar-refractivity contribution in [1.82, 2.24) is 4.98 Å². The van der Waals surface area contributed by atoms with E-state index in [0.717, 1.165) is 30.9 Å². The van der Waals surface area contributed by atoms with Gasteiger partial charge >= 0.3 is 6.18 Å². The van der Waals surface area contributed by atoms with E-state index in [2.05, 4.69) is 53.5 Å². The van der Waals surface area contributed by atoms with Crippen LogP contribution in [0.3, 0.4) is 0 Å². The topological polar surface area (TPSA) is 12.9 Å². The SMILES string of the molecule is FC(F)(F)c1ccc(C2CCc3c(ccc4c3ccc3ccccc34)C2)cn1. The number of nitrogens with zero attached hydrogens (tertiary/aromatic N) is 1. The average Bonchev–Trinajstić information content (AvgIpc) is 2.72. The molecule has 1 aliphatic carbocycles. The zero-order valence-electron chi connectivity index (χ0n) is 15.1. The van der Waals surface area contributed by atoms with Crippen LogP contribution in [-0.2, 0) is 19.0 Å². The van der Waals surface area contributed by atoms with Gasteiger partial charge in [0.25, 0.3) is 0 Å². The van der Waals surface area contributed by atoms with E-state index in [4.69, 9.17) is 0 Å². The molecule has 0 bridgehead atoms. The molecule has 0 radical (unpaired) electrons. The van der Waals surface area contributed by atoms with E-state index in [9.17, 15) is 13.2 Å². The van der Waals surface area contributed by atoms with Crippen molar-refractivity contribution < 1.29 is 13.2 Å². The molecule has 140 valence electrons. The second-order valence-electron chi connectivity index (χ2n) is 7.50. The maximum absolute atomic E-state index is 12.8. The van der Waals surface area contributed by atoms with E-state index < -0.39 is 11.9 Å². The number of rotatable bonds is 1. The first kappa shape index (κ1) is 17.2. The largest absolute Gasteiger partial charge is 0.433 e. The van der Waals surface area contributed by atoms with Crippen LogP contribution >= 0.6 is 0 Å². The Kier molecular flexibility index (Phi) is 3.90. The summed E-state index contributed by atoms with van der Waals surface area (Å²) in [6.07, 6.45) is -0.305. The van der Waals surface area contributed by atoms with Crippen LogP contribution in [0.1, 0.15) is 34.7 Å². The lowest BCUT2D eigenvalue weighted by Crippen LogP contribution is -2.14. The van der Waals surface area contributed by atoms with Crippen LogP contribution in [0.25, 0.3) is 21.5 Å². The maximum atomic E-state index is 12.8. The van der Waals surface area contributed by atoms with Crippen LogP contribution in [0.2, 0.25) is 0 Å². The van der Waals surface area contributed by atoms with Gasteiger partial charge in [-0.15, -0.1) is 0 Å². The smallest absolute Gasteiger partial charge is 0.251 e. The molecule has 28 heavy (non-hydrogen) atoms. The minimum absolute atomic E-state index is 0.209. The standard InChI is InChI=1S/C24H18F3N/c25-24(26,27)23-12-8-18(14-28-23)16-6-9-20-17(13-16)7-11-21-19-4-2-1-3-15(19)5-10-22(20)21/h1-5,7-8,10-12,14,16H,6,9,13H2. The average molecular weight is 377 g/mol. The molecule has 1 atom stereocenters. The predicted molar refractivity (Wildman–Crippen MR) is 105 cm³/mol. The van der Waals surface area contributed by atoms with Gasteiger partial charge in [0.2, 0.25) is 0 Å². The molecular weight excluding hydrogens is 359 g/mol. The summed E-state index contributed by atoms with van der Waals surface area (Å²) in [4.78, 5) is 3.64. The number of fused-ring (bicyclic) bond motifs is 5. The van der Waals surface area contributed by atoms with Crippen LogP contribution in [-0.4, -0.2) is 4.98 Å². The first-order chi connectivity index (χ1) is 13.5. The molecule has 0 spiro atoms. The van der Waals surface area contributed by atoms with E-state index in [1.165, 1.54) is 38.9 Å². The zero-order valence-corrected chi connectivity index (χ0v) is 15.1. The molecular formula is C24H18F3N. The van der Waals surface area contributed by atoms with Crippen molar-refractivity contribution >= 4 is 21.5 Å².